The standard InChI is InChI=1S/C11H14N2/c1-2-9-10(12-6-1)4-3-8-5-7-13-11(8)9/h1-2,6,8,11,13H,3-5,7H2. The SMILES string of the molecule is c1cnc2c(c1)C1NCCC1CC2. The highest BCUT2D eigenvalue weighted by Crippen LogP contribution is 2.38. The van der Waals surface area contributed by atoms with Crippen LogP contribution >= 0.6 is 0 Å². The van der Waals surface area contributed by atoms with Crippen LogP contribution in [0.15, 0.2) is 18.3 Å². The van der Waals surface area contributed by atoms with E-state index >= 15 is 0 Å². The number of fused-ring (bicyclic) bond motifs is 3. The lowest BCUT2D eigenvalue weighted by molar-refractivity contribution is 0.400. The van der Waals surface area contributed by atoms with Gasteiger partial charge in [-0.05, 0) is 43.4 Å². The highest BCUT2D eigenvalue weighted by molar-refractivity contribution is 5.28. The second-order valence-corrected chi connectivity index (χ2v) is 4.06. The minimum absolute atomic E-state index is 0.609. The second-order valence-electron chi connectivity index (χ2n) is 4.06. The van der Waals surface area contributed by atoms with Crippen molar-refractivity contribution in [2.24, 2.45) is 5.92 Å². The Morgan fingerprint density at radius 1 is 1.38 bits per heavy atom. The molecule has 1 fully saturated rings. The van der Waals surface area contributed by atoms with Gasteiger partial charge in [0.05, 0.1) is 0 Å². The molecule has 2 heteroatoms. The summed E-state index contributed by atoms with van der Waals surface area (Å²) in [4.78, 5) is 4.44. The van der Waals surface area contributed by atoms with Crippen LogP contribution in [0.1, 0.15) is 30.1 Å². The molecule has 2 nitrogen and oxygen atoms in total. The fraction of sp³-hybridized carbons (Fsp3) is 0.545. The molecule has 1 aliphatic heterocycles. The number of rotatable bonds is 0. The summed E-state index contributed by atoms with van der Waals surface area (Å²) in [5.41, 5.74) is 2.77. The van der Waals surface area contributed by atoms with Crippen LogP contribution < -0.4 is 5.32 Å². The zero-order valence-electron chi connectivity index (χ0n) is 7.66. The molecule has 1 aromatic rings. The van der Waals surface area contributed by atoms with Gasteiger partial charge in [-0.1, -0.05) is 6.07 Å². The Balaban J connectivity index is 2.06. The normalized spacial score (nSPS) is 31.1. The monoisotopic (exact) mass is 174 g/mol. The molecule has 1 aliphatic carbocycles. The van der Waals surface area contributed by atoms with E-state index in [0.29, 0.717) is 6.04 Å². The van der Waals surface area contributed by atoms with Gasteiger partial charge in [0.2, 0.25) is 0 Å². The van der Waals surface area contributed by atoms with Crippen LogP contribution in [0.4, 0.5) is 0 Å². The predicted molar refractivity (Wildman–Crippen MR) is 51.4 cm³/mol. The first-order chi connectivity index (χ1) is 6.45. The summed E-state index contributed by atoms with van der Waals surface area (Å²) in [7, 11) is 0. The predicted octanol–water partition coefficient (Wildman–Crippen LogP) is 1.68. The van der Waals surface area contributed by atoms with E-state index in [4.69, 9.17) is 0 Å². The van der Waals surface area contributed by atoms with Crippen LogP contribution in [0.3, 0.4) is 0 Å². The van der Waals surface area contributed by atoms with Crippen molar-refractivity contribution in [2.75, 3.05) is 6.54 Å². The van der Waals surface area contributed by atoms with Gasteiger partial charge >= 0.3 is 0 Å². The van der Waals surface area contributed by atoms with Crippen molar-refractivity contribution in [3.63, 3.8) is 0 Å². The quantitative estimate of drug-likeness (QED) is 0.647. The molecule has 1 N–H and O–H groups in total. The molecule has 13 heavy (non-hydrogen) atoms. The summed E-state index contributed by atoms with van der Waals surface area (Å²) < 4.78 is 0. The van der Waals surface area contributed by atoms with E-state index < -0.39 is 0 Å². The van der Waals surface area contributed by atoms with Crippen LogP contribution in [0.2, 0.25) is 0 Å². The third-order valence-electron chi connectivity index (χ3n) is 3.36. The van der Waals surface area contributed by atoms with Gasteiger partial charge in [-0.3, -0.25) is 4.98 Å². The number of nitrogens with zero attached hydrogens (tertiary/aromatic N) is 1. The molecule has 1 saturated heterocycles. The zero-order chi connectivity index (χ0) is 8.67. The Morgan fingerprint density at radius 3 is 3.38 bits per heavy atom. The average Bonchev–Trinajstić information content (AvgIpc) is 2.65. The smallest absolute Gasteiger partial charge is 0.0451 e. The summed E-state index contributed by atoms with van der Waals surface area (Å²) >= 11 is 0. The molecule has 0 spiro atoms. The highest BCUT2D eigenvalue weighted by atomic mass is 15.0. The van der Waals surface area contributed by atoms with E-state index in [0.717, 1.165) is 5.92 Å². The van der Waals surface area contributed by atoms with Crippen molar-refractivity contribution in [1.29, 1.82) is 0 Å². The molecule has 0 saturated carbocycles. The molecule has 1 aromatic heterocycles. The maximum Gasteiger partial charge on any atom is 0.0451 e. The molecule has 2 unspecified atom stereocenters. The van der Waals surface area contributed by atoms with Crippen LogP contribution in [0.5, 0.6) is 0 Å². The van der Waals surface area contributed by atoms with Crippen molar-refractivity contribution in [3.8, 4) is 0 Å². The first-order valence-corrected chi connectivity index (χ1v) is 5.12. The molecule has 2 heterocycles. The van der Waals surface area contributed by atoms with Crippen LogP contribution in [-0.2, 0) is 6.42 Å². The van der Waals surface area contributed by atoms with Crippen LogP contribution in [-0.4, -0.2) is 11.5 Å². The van der Waals surface area contributed by atoms with Crippen LogP contribution in [0, 0.1) is 5.92 Å². The maximum atomic E-state index is 4.44. The van der Waals surface area contributed by atoms with Crippen molar-refractivity contribution in [1.82, 2.24) is 10.3 Å². The van der Waals surface area contributed by atoms with Crippen LogP contribution in [0.25, 0.3) is 0 Å². The Morgan fingerprint density at radius 2 is 2.38 bits per heavy atom. The summed E-state index contributed by atoms with van der Waals surface area (Å²) in [6, 6.07) is 4.90. The van der Waals surface area contributed by atoms with Crippen molar-refractivity contribution in [3.05, 3.63) is 29.6 Å². The Labute approximate surface area is 78.4 Å². The van der Waals surface area contributed by atoms with Gasteiger partial charge in [0.25, 0.3) is 0 Å². The fourth-order valence-corrected chi connectivity index (χ4v) is 2.70. The summed E-state index contributed by atoms with van der Waals surface area (Å²) in [5.74, 6) is 0.872. The molecule has 2 aliphatic rings. The van der Waals surface area contributed by atoms with E-state index in [1.807, 2.05) is 6.20 Å². The second kappa shape index (κ2) is 2.81. The Kier molecular flexibility index (Phi) is 1.62. The molecule has 68 valence electrons. The third-order valence-corrected chi connectivity index (χ3v) is 3.36. The fourth-order valence-electron chi connectivity index (χ4n) is 2.70. The maximum absolute atomic E-state index is 4.44. The number of hydrogen-bond donors (Lipinski definition) is 1. The molecule has 0 aromatic carbocycles. The molecule has 0 bridgehead atoms. The summed E-state index contributed by atoms with van der Waals surface area (Å²) in [6.07, 6.45) is 5.76. The Hall–Kier alpha value is -0.890. The van der Waals surface area contributed by atoms with Gasteiger partial charge in [0.15, 0.2) is 0 Å². The zero-order valence-corrected chi connectivity index (χ0v) is 7.66. The molecule has 0 radical (unpaired) electrons. The number of aromatic nitrogens is 1. The third kappa shape index (κ3) is 1.09. The topological polar surface area (TPSA) is 24.9 Å². The van der Waals surface area contributed by atoms with Gasteiger partial charge in [-0.25, -0.2) is 0 Å². The molecule has 0 amide bonds. The van der Waals surface area contributed by atoms with E-state index in [1.54, 1.807) is 0 Å². The lowest BCUT2D eigenvalue weighted by Crippen LogP contribution is -2.24. The average molecular weight is 174 g/mol. The number of nitrogens with one attached hydrogen (secondary N) is 1. The highest BCUT2D eigenvalue weighted by Gasteiger charge is 2.33. The van der Waals surface area contributed by atoms with Crippen molar-refractivity contribution < 1.29 is 0 Å². The molecule has 2 atom stereocenters. The van der Waals surface area contributed by atoms with Gasteiger partial charge < -0.3 is 5.32 Å². The first-order valence-electron chi connectivity index (χ1n) is 5.12. The first kappa shape index (κ1) is 7.51. The largest absolute Gasteiger partial charge is 0.310 e. The Bertz CT molecular complexity index is 322. The number of pyridine rings is 1. The van der Waals surface area contributed by atoms with Crippen molar-refractivity contribution >= 4 is 0 Å². The minimum atomic E-state index is 0.609. The van der Waals surface area contributed by atoms with E-state index in [9.17, 15) is 0 Å². The molecule has 3 rings (SSSR count). The minimum Gasteiger partial charge on any atom is -0.310 e. The van der Waals surface area contributed by atoms with E-state index in [-0.39, 0.29) is 0 Å². The van der Waals surface area contributed by atoms with E-state index in [2.05, 4.69) is 22.4 Å². The number of aryl methyl sites for hydroxylation is 1. The number of hydrogen-bond acceptors (Lipinski definition) is 2. The van der Waals surface area contributed by atoms with Gasteiger partial charge in [0.1, 0.15) is 0 Å². The summed E-state index contributed by atoms with van der Waals surface area (Å²) in [6.45, 7) is 1.18. The van der Waals surface area contributed by atoms with Gasteiger partial charge in [-0.15, -0.1) is 0 Å². The van der Waals surface area contributed by atoms with E-state index in [1.165, 1.54) is 37.1 Å². The lowest BCUT2D eigenvalue weighted by atomic mass is 9.83. The molecular formula is C11H14N2. The van der Waals surface area contributed by atoms with Gasteiger partial charge in [-0.2, -0.15) is 0 Å². The van der Waals surface area contributed by atoms with Gasteiger partial charge in [0, 0.05) is 17.9 Å². The lowest BCUT2D eigenvalue weighted by Gasteiger charge is -2.26. The summed E-state index contributed by atoms with van der Waals surface area (Å²) in [5, 5.41) is 3.57. The molecular weight excluding hydrogens is 160 g/mol. The van der Waals surface area contributed by atoms with Crippen molar-refractivity contribution in [2.45, 2.75) is 25.3 Å².